The van der Waals surface area contributed by atoms with Gasteiger partial charge in [0.05, 0.1) is 30.1 Å². The number of imidazole rings is 1. The Morgan fingerprint density at radius 2 is 2.35 bits per heavy atom. The molecule has 2 rings (SSSR count). The molecule has 0 amide bonds. The summed E-state index contributed by atoms with van der Waals surface area (Å²) in [5, 5.41) is -0.179. The van der Waals surface area contributed by atoms with Crippen LogP contribution in [-0.2, 0) is 6.54 Å². The first-order valence-corrected chi connectivity index (χ1v) is 5.72. The molecule has 1 heterocycles. The van der Waals surface area contributed by atoms with E-state index < -0.39 is 0 Å². The van der Waals surface area contributed by atoms with Crippen molar-refractivity contribution in [3.8, 4) is 18.1 Å². The normalized spacial score (nSPS) is 12.4. The Bertz CT molecular complexity index is 581. The monoisotopic (exact) mass is 248 g/mol. The second kappa shape index (κ2) is 4.68. The number of fused-ring (bicyclic) bond motifs is 1. The predicted octanol–water partition coefficient (Wildman–Crippen LogP) is 2.98. The van der Waals surface area contributed by atoms with E-state index >= 15 is 0 Å². The minimum absolute atomic E-state index is 0.179. The number of aromatic nitrogens is 2. The largest absolute Gasteiger partial charge is 0.497 e. The second-order valence-corrected chi connectivity index (χ2v) is 4.39. The summed E-state index contributed by atoms with van der Waals surface area (Å²) in [6.45, 7) is 2.35. The highest BCUT2D eigenvalue weighted by Crippen LogP contribution is 2.26. The van der Waals surface area contributed by atoms with E-state index in [1.54, 1.807) is 7.11 Å². The van der Waals surface area contributed by atoms with E-state index in [1.165, 1.54) is 0 Å². The van der Waals surface area contributed by atoms with Crippen LogP contribution in [0.4, 0.5) is 0 Å². The number of benzene rings is 1. The third-order valence-corrected chi connectivity index (χ3v) is 2.79. The Kier molecular flexibility index (Phi) is 3.26. The number of methoxy groups -OCH3 is 1. The molecule has 1 aromatic carbocycles. The number of alkyl halides is 1. The quantitative estimate of drug-likeness (QED) is 0.617. The van der Waals surface area contributed by atoms with Gasteiger partial charge in [-0.3, -0.25) is 0 Å². The molecule has 0 aliphatic rings. The molecule has 1 unspecified atom stereocenters. The highest BCUT2D eigenvalue weighted by Gasteiger charge is 2.14. The Balaban J connectivity index is 2.66. The molecule has 2 aromatic rings. The lowest BCUT2D eigenvalue weighted by molar-refractivity contribution is 0.415. The van der Waals surface area contributed by atoms with Gasteiger partial charge in [-0.05, 0) is 19.1 Å². The van der Waals surface area contributed by atoms with Crippen molar-refractivity contribution in [2.75, 3.05) is 7.11 Å². The van der Waals surface area contributed by atoms with Crippen LogP contribution in [0.15, 0.2) is 18.2 Å². The van der Waals surface area contributed by atoms with Gasteiger partial charge in [0, 0.05) is 6.07 Å². The van der Waals surface area contributed by atoms with Crippen molar-refractivity contribution in [2.45, 2.75) is 18.8 Å². The standard InChI is InChI=1S/C13H13ClN2O/c1-4-7-16-12-6-5-10(17-3)8-11(12)15-13(16)9(2)14/h1,5-6,8-9H,7H2,2-3H3. The van der Waals surface area contributed by atoms with Gasteiger partial charge >= 0.3 is 0 Å². The highest BCUT2D eigenvalue weighted by molar-refractivity contribution is 6.20. The zero-order valence-corrected chi connectivity index (χ0v) is 10.5. The van der Waals surface area contributed by atoms with Gasteiger partial charge < -0.3 is 9.30 Å². The minimum Gasteiger partial charge on any atom is -0.497 e. The van der Waals surface area contributed by atoms with Gasteiger partial charge in [-0.1, -0.05) is 5.92 Å². The molecule has 1 atom stereocenters. The average molecular weight is 249 g/mol. The Morgan fingerprint density at radius 3 is 2.94 bits per heavy atom. The lowest BCUT2D eigenvalue weighted by atomic mass is 10.3. The summed E-state index contributed by atoms with van der Waals surface area (Å²) in [6.07, 6.45) is 5.37. The molecule has 1 aromatic heterocycles. The van der Waals surface area contributed by atoms with E-state index in [1.807, 2.05) is 29.7 Å². The number of halogens is 1. The van der Waals surface area contributed by atoms with Crippen LogP contribution in [0.3, 0.4) is 0 Å². The summed E-state index contributed by atoms with van der Waals surface area (Å²) in [7, 11) is 1.63. The molecule has 88 valence electrons. The summed E-state index contributed by atoms with van der Waals surface area (Å²) >= 11 is 6.11. The van der Waals surface area contributed by atoms with Gasteiger partial charge in [-0.15, -0.1) is 18.0 Å². The van der Waals surface area contributed by atoms with Crippen molar-refractivity contribution in [1.29, 1.82) is 0 Å². The first-order chi connectivity index (χ1) is 8.17. The van der Waals surface area contributed by atoms with Crippen LogP contribution in [0.1, 0.15) is 18.1 Å². The van der Waals surface area contributed by atoms with Gasteiger partial charge in [0.25, 0.3) is 0 Å². The van der Waals surface area contributed by atoms with Crippen molar-refractivity contribution < 1.29 is 4.74 Å². The molecule has 0 N–H and O–H groups in total. The molecule has 0 spiro atoms. The number of ether oxygens (including phenoxy) is 1. The molecule has 0 saturated carbocycles. The van der Waals surface area contributed by atoms with Gasteiger partial charge in [0.1, 0.15) is 11.6 Å². The summed E-state index contributed by atoms with van der Waals surface area (Å²) < 4.78 is 7.12. The third kappa shape index (κ3) is 2.09. The van der Waals surface area contributed by atoms with E-state index in [-0.39, 0.29) is 5.38 Å². The topological polar surface area (TPSA) is 27.1 Å². The molecular weight excluding hydrogens is 236 g/mol. The average Bonchev–Trinajstić information content (AvgIpc) is 2.68. The molecule has 0 radical (unpaired) electrons. The minimum atomic E-state index is -0.179. The number of rotatable bonds is 3. The van der Waals surface area contributed by atoms with E-state index in [2.05, 4.69) is 10.9 Å². The third-order valence-electron chi connectivity index (χ3n) is 2.59. The predicted molar refractivity (Wildman–Crippen MR) is 69.4 cm³/mol. The van der Waals surface area contributed by atoms with E-state index in [9.17, 15) is 0 Å². The highest BCUT2D eigenvalue weighted by atomic mass is 35.5. The first-order valence-electron chi connectivity index (χ1n) is 5.29. The molecule has 0 bridgehead atoms. The van der Waals surface area contributed by atoms with Gasteiger partial charge in [-0.2, -0.15) is 0 Å². The summed E-state index contributed by atoms with van der Waals surface area (Å²) in [6, 6.07) is 5.71. The zero-order valence-electron chi connectivity index (χ0n) is 9.77. The van der Waals surface area contributed by atoms with Gasteiger partial charge in [0.2, 0.25) is 0 Å². The lowest BCUT2D eigenvalue weighted by Gasteiger charge is -2.06. The zero-order chi connectivity index (χ0) is 12.4. The molecule has 4 heteroatoms. The number of hydrogen-bond acceptors (Lipinski definition) is 2. The van der Waals surface area contributed by atoms with Crippen LogP contribution >= 0.6 is 11.6 Å². The fourth-order valence-corrected chi connectivity index (χ4v) is 1.98. The van der Waals surface area contributed by atoms with Gasteiger partial charge in [-0.25, -0.2) is 4.98 Å². The first kappa shape index (κ1) is 11.8. The lowest BCUT2D eigenvalue weighted by Crippen LogP contribution is -2.02. The van der Waals surface area contributed by atoms with Crippen molar-refractivity contribution in [3.05, 3.63) is 24.0 Å². The molecule has 3 nitrogen and oxygen atoms in total. The smallest absolute Gasteiger partial charge is 0.128 e. The number of hydrogen-bond donors (Lipinski definition) is 0. The van der Waals surface area contributed by atoms with Crippen LogP contribution in [0.2, 0.25) is 0 Å². The SMILES string of the molecule is C#CCn1c(C(C)Cl)nc2cc(OC)ccc21. The van der Waals surface area contributed by atoms with Crippen LogP contribution < -0.4 is 4.74 Å². The fraction of sp³-hybridized carbons (Fsp3) is 0.308. The van der Waals surface area contributed by atoms with Crippen LogP contribution in [0.5, 0.6) is 5.75 Å². The Labute approximate surface area is 105 Å². The van der Waals surface area contributed by atoms with E-state index in [0.29, 0.717) is 6.54 Å². The second-order valence-electron chi connectivity index (χ2n) is 3.73. The van der Waals surface area contributed by atoms with Crippen LogP contribution in [0.25, 0.3) is 11.0 Å². The van der Waals surface area contributed by atoms with E-state index in [0.717, 1.165) is 22.6 Å². The molecule has 0 fully saturated rings. The van der Waals surface area contributed by atoms with Crippen molar-refractivity contribution in [2.24, 2.45) is 0 Å². The maximum Gasteiger partial charge on any atom is 0.128 e. The molecule has 0 aliphatic carbocycles. The van der Waals surface area contributed by atoms with Crippen molar-refractivity contribution in [1.82, 2.24) is 9.55 Å². The van der Waals surface area contributed by atoms with Crippen molar-refractivity contribution in [3.63, 3.8) is 0 Å². The fourth-order valence-electron chi connectivity index (χ4n) is 1.82. The van der Waals surface area contributed by atoms with Gasteiger partial charge in [0.15, 0.2) is 0 Å². The summed E-state index contributed by atoms with van der Waals surface area (Å²) in [5.74, 6) is 4.18. The van der Waals surface area contributed by atoms with E-state index in [4.69, 9.17) is 22.8 Å². The maximum atomic E-state index is 6.11. The maximum absolute atomic E-state index is 6.11. The van der Waals surface area contributed by atoms with Crippen LogP contribution in [-0.4, -0.2) is 16.7 Å². The molecular formula is C13H13ClN2O. The van der Waals surface area contributed by atoms with Crippen LogP contribution in [0, 0.1) is 12.3 Å². The molecule has 17 heavy (non-hydrogen) atoms. The summed E-state index contributed by atoms with van der Waals surface area (Å²) in [4.78, 5) is 4.49. The van der Waals surface area contributed by atoms with Crippen molar-refractivity contribution >= 4 is 22.6 Å². The summed E-state index contributed by atoms with van der Waals surface area (Å²) in [5.41, 5.74) is 1.83. The number of terminal acetylenes is 1. The molecule has 0 saturated heterocycles. The Hall–Kier alpha value is -1.66. The number of nitrogens with zero attached hydrogens (tertiary/aromatic N) is 2. The molecule has 0 aliphatic heterocycles. The Morgan fingerprint density at radius 1 is 1.59 bits per heavy atom.